The van der Waals surface area contributed by atoms with Crippen LogP contribution in [0.15, 0.2) is 77.7 Å². The molecule has 2 amide bonds. The fourth-order valence-electron chi connectivity index (χ4n) is 4.30. The van der Waals surface area contributed by atoms with Crippen LogP contribution in [0, 0.1) is 0 Å². The first kappa shape index (κ1) is 34.2. The zero-order chi connectivity index (χ0) is 31.9. The number of rotatable bonds is 12. The van der Waals surface area contributed by atoms with Crippen molar-refractivity contribution in [1.29, 1.82) is 0 Å². The van der Waals surface area contributed by atoms with E-state index < -0.39 is 46.2 Å². The molecule has 0 aliphatic rings. The Bertz CT molecular complexity index is 1520. The normalized spacial score (nSPS) is 13.2. The molecule has 1 N–H and O–H groups in total. The van der Waals surface area contributed by atoms with Gasteiger partial charge in [0.2, 0.25) is 11.8 Å². The van der Waals surface area contributed by atoms with Gasteiger partial charge in [0.25, 0.3) is 10.0 Å². The topological polar surface area (TPSA) is 86.8 Å². The summed E-state index contributed by atoms with van der Waals surface area (Å²) in [6, 6.07) is 14.2. The number of nitrogens with zero attached hydrogens (tertiary/aromatic N) is 2. The lowest BCUT2D eigenvalue weighted by Gasteiger charge is -2.34. The van der Waals surface area contributed by atoms with E-state index in [9.17, 15) is 31.2 Å². The number of halogens is 5. The number of carbonyl (C=O) groups excluding carboxylic acids is 2. The summed E-state index contributed by atoms with van der Waals surface area (Å²) in [5.74, 6) is -1.33. The Morgan fingerprint density at radius 2 is 1.51 bits per heavy atom. The number of alkyl halides is 3. The lowest BCUT2D eigenvalue weighted by atomic mass is 10.1. The van der Waals surface area contributed by atoms with Gasteiger partial charge in [0.1, 0.15) is 12.6 Å². The van der Waals surface area contributed by atoms with Gasteiger partial charge in [-0.3, -0.25) is 13.9 Å². The molecule has 0 saturated carbocycles. The molecule has 0 aromatic heterocycles. The van der Waals surface area contributed by atoms with Crippen molar-refractivity contribution >= 4 is 50.7 Å². The summed E-state index contributed by atoms with van der Waals surface area (Å²) in [6.07, 6.45) is -4.01. The van der Waals surface area contributed by atoms with Gasteiger partial charge in [-0.15, -0.1) is 0 Å². The van der Waals surface area contributed by atoms with E-state index >= 15 is 0 Å². The molecule has 3 rings (SSSR count). The number of benzene rings is 3. The van der Waals surface area contributed by atoms with Crippen LogP contribution in [0.3, 0.4) is 0 Å². The van der Waals surface area contributed by atoms with Crippen molar-refractivity contribution in [2.24, 2.45) is 0 Å². The fourth-order valence-corrected chi connectivity index (χ4v) is 6.24. The SMILES string of the molecule is CC[C@H](C(=O)N[C@@H](C)CC)N(Cc1c(Cl)cccc1Cl)C(=O)CN(c1cccc(C(F)(F)F)c1)S(=O)(=O)c1ccccc1. The number of nitrogens with one attached hydrogen (secondary N) is 1. The van der Waals surface area contributed by atoms with Crippen LogP contribution in [0.4, 0.5) is 18.9 Å². The third-order valence-electron chi connectivity index (χ3n) is 6.85. The highest BCUT2D eigenvalue weighted by atomic mass is 35.5. The molecular formula is C30H32Cl2F3N3O4S. The van der Waals surface area contributed by atoms with Gasteiger partial charge in [-0.1, -0.05) is 67.4 Å². The minimum Gasteiger partial charge on any atom is -0.352 e. The van der Waals surface area contributed by atoms with E-state index in [1.54, 1.807) is 38.1 Å². The monoisotopic (exact) mass is 657 g/mol. The average molecular weight is 659 g/mol. The number of sulfonamides is 1. The van der Waals surface area contributed by atoms with Crippen molar-refractivity contribution in [1.82, 2.24) is 10.2 Å². The molecule has 0 aliphatic heterocycles. The maximum Gasteiger partial charge on any atom is 0.416 e. The van der Waals surface area contributed by atoms with E-state index in [-0.39, 0.29) is 39.6 Å². The number of carbonyl (C=O) groups is 2. The fraction of sp³-hybridized carbons (Fsp3) is 0.333. The van der Waals surface area contributed by atoms with Crippen LogP contribution < -0.4 is 9.62 Å². The highest BCUT2D eigenvalue weighted by Crippen LogP contribution is 2.34. The van der Waals surface area contributed by atoms with Crippen LogP contribution >= 0.6 is 23.2 Å². The third kappa shape index (κ3) is 8.43. The molecule has 13 heteroatoms. The number of anilines is 1. The summed E-state index contributed by atoms with van der Waals surface area (Å²) < 4.78 is 69.1. The van der Waals surface area contributed by atoms with Crippen molar-refractivity contribution in [3.05, 3.63) is 94.0 Å². The van der Waals surface area contributed by atoms with E-state index in [4.69, 9.17) is 23.2 Å². The first-order valence-electron chi connectivity index (χ1n) is 13.5. The summed E-state index contributed by atoms with van der Waals surface area (Å²) in [4.78, 5) is 28.4. The van der Waals surface area contributed by atoms with Crippen molar-refractivity contribution < 1.29 is 31.2 Å². The van der Waals surface area contributed by atoms with Crippen LogP contribution in [0.1, 0.15) is 44.7 Å². The predicted octanol–water partition coefficient (Wildman–Crippen LogP) is 6.93. The third-order valence-corrected chi connectivity index (χ3v) is 9.34. The lowest BCUT2D eigenvalue weighted by Crippen LogP contribution is -2.53. The van der Waals surface area contributed by atoms with Crippen LogP contribution in [0.5, 0.6) is 0 Å². The predicted molar refractivity (Wildman–Crippen MR) is 161 cm³/mol. The molecule has 7 nitrogen and oxygen atoms in total. The highest BCUT2D eigenvalue weighted by Gasteiger charge is 2.36. The molecule has 0 fully saturated rings. The average Bonchev–Trinajstić information content (AvgIpc) is 2.97. The van der Waals surface area contributed by atoms with Gasteiger partial charge in [0.05, 0.1) is 16.1 Å². The van der Waals surface area contributed by atoms with Crippen molar-refractivity contribution in [3.8, 4) is 0 Å². The van der Waals surface area contributed by atoms with Crippen molar-refractivity contribution in [2.45, 2.75) is 63.3 Å². The first-order chi connectivity index (χ1) is 20.2. The zero-order valence-corrected chi connectivity index (χ0v) is 26.1. The molecule has 0 unspecified atom stereocenters. The molecule has 3 aromatic carbocycles. The van der Waals surface area contributed by atoms with Crippen LogP contribution in [0.2, 0.25) is 10.0 Å². The Morgan fingerprint density at radius 3 is 2.07 bits per heavy atom. The maximum absolute atomic E-state index is 14.1. The summed E-state index contributed by atoms with van der Waals surface area (Å²) in [7, 11) is -4.54. The first-order valence-corrected chi connectivity index (χ1v) is 15.7. The maximum atomic E-state index is 14.1. The summed E-state index contributed by atoms with van der Waals surface area (Å²) in [5, 5.41) is 3.27. The quantitative estimate of drug-likeness (QED) is 0.229. The minimum atomic E-state index is -4.77. The summed E-state index contributed by atoms with van der Waals surface area (Å²) in [5.41, 5.74) is -1.14. The van der Waals surface area contributed by atoms with Gasteiger partial charge in [-0.05, 0) is 62.2 Å². The van der Waals surface area contributed by atoms with E-state index in [2.05, 4.69) is 5.32 Å². The van der Waals surface area contributed by atoms with Gasteiger partial charge in [-0.25, -0.2) is 8.42 Å². The zero-order valence-electron chi connectivity index (χ0n) is 23.7. The second kappa shape index (κ2) is 14.5. The molecule has 2 atom stereocenters. The number of hydrogen-bond donors (Lipinski definition) is 1. The van der Waals surface area contributed by atoms with Crippen LogP contribution in [-0.4, -0.2) is 43.8 Å². The molecule has 0 saturated heterocycles. The minimum absolute atomic E-state index is 0.144. The lowest BCUT2D eigenvalue weighted by molar-refractivity contribution is -0.140. The standard InChI is InChI=1S/C30H32Cl2F3N3O4S/c1-4-20(3)36-29(40)27(5-2)37(18-24-25(31)15-10-16-26(24)32)28(39)19-38(43(41,42)23-13-7-6-8-14-23)22-12-9-11-21(17-22)30(33,34)35/h6-17,20,27H,4-5,18-19H2,1-3H3,(H,36,40)/t20-,27+/m0/s1. The molecule has 3 aromatic rings. The molecule has 43 heavy (non-hydrogen) atoms. The summed E-state index contributed by atoms with van der Waals surface area (Å²) >= 11 is 12.8. The Hall–Kier alpha value is -3.28. The van der Waals surface area contributed by atoms with E-state index in [1.807, 2.05) is 6.92 Å². The van der Waals surface area contributed by atoms with Gasteiger partial charge in [-0.2, -0.15) is 13.2 Å². The Labute approximate surface area is 259 Å². The van der Waals surface area contributed by atoms with Gasteiger partial charge < -0.3 is 10.2 Å². The van der Waals surface area contributed by atoms with Crippen LogP contribution in [0.25, 0.3) is 0 Å². The van der Waals surface area contributed by atoms with E-state index in [1.165, 1.54) is 30.3 Å². The van der Waals surface area contributed by atoms with Gasteiger partial charge in [0.15, 0.2) is 0 Å². The molecule has 0 radical (unpaired) electrons. The molecular weight excluding hydrogens is 626 g/mol. The molecule has 0 spiro atoms. The highest BCUT2D eigenvalue weighted by molar-refractivity contribution is 7.92. The second-order valence-electron chi connectivity index (χ2n) is 9.84. The van der Waals surface area contributed by atoms with Gasteiger partial charge in [0, 0.05) is 28.2 Å². The number of hydrogen-bond acceptors (Lipinski definition) is 4. The van der Waals surface area contributed by atoms with Crippen molar-refractivity contribution in [2.75, 3.05) is 10.8 Å². The van der Waals surface area contributed by atoms with Crippen molar-refractivity contribution in [3.63, 3.8) is 0 Å². The second-order valence-corrected chi connectivity index (χ2v) is 12.5. The molecule has 0 bridgehead atoms. The largest absolute Gasteiger partial charge is 0.416 e. The summed E-state index contributed by atoms with van der Waals surface area (Å²) in [6.45, 7) is 4.18. The number of amides is 2. The Balaban J connectivity index is 2.15. The molecule has 232 valence electrons. The van der Waals surface area contributed by atoms with Crippen LogP contribution in [-0.2, 0) is 32.3 Å². The molecule has 0 heterocycles. The van der Waals surface area contributed by atoms with E-state index in [0.717, 1.165) is 17.0 Å². The molecule has 0 aliphatic carbocycles. The Kier molecular flexibility index (Phi) is 11.5. The van der Waals surface area contributed by atoms with Gasteiger partial charge >= 0.3 is 6.18 Å². The Morgan fingerprint density at radius 1 is 0.907 bits per heavy atom. The smallest absolute Gasteiger partial charge is 0.352 e. The van der Waals surface area contributed by atoms with E-state index in [0.29, 0.717) is 22.4 Å².